The van der Waals surface area contributed by atoms with Gasteiger partial charge < -0.3 is 5.84 Å². The van der Waals surface area contributed by atoms with Crippen LogP contribution in [0.2, 0.25) is 0 Å². The lowest BCUT2D eigenvalue weighted by Gasteiger charge is -2.26. The van der Waals surface area contributed by atoms with Crippen molar-refractivity contribution in [3.05, 3.63) is 77.2 Å². The van der Waals surface area contributed by atoms with Crippen LogP contribution in [0.5, 0.6) is 0 Å². The van der Waals surface area contributed by atoms with Gasteiger partial charge in [-0.25, -0.2) is 4.39 Å². The summed E-state index contributed by atoms with van der Waals surface area (Å²) < 4.78 is 14.8. The predicted molar refractivity (Wildman–Crippen MR) is 125 cm³/mol. The van der Waals surface area contributed by atoms with Crippen molar-refractivity contribution in [2.45, 2.75) is 39.0 Å². The molecule has 2 aromatic carbocycles. The van der Waals surface area contributed by atoms with Crippen LogP contribution in [0.15, 0.2) is 54.7 Å². The third-order valence-corrected chi connectivity index (χ3v) is 6.17. The standard InChI is InChI=1S/C26H30FN3O/c1-2-3-4-5-14-29-15-12-19(13-16-29)24-18-30(28)25-11-8-21(17-23(24)25)26(31)20-6-9-22(27)10-7-20/h6-12,17-18H,2-5,13-16,28H2,1H3. The summed E-state index contributed by atoms with van der Waals surface area (Å²) in [6.07, 6.45) is 10.4. The molecule has 4 nitrogen and oxygen atoms in total. The summed E-state index contributed by atoms with van der Waals surface area (Å²) >= 11 is 0. The van der Waals surface area contributed by atoms with E-state index >= 15 is 0 Å². The number of benzene rings is 2. The second-order valence-corrected chi connectivity index (χ2v) is 8.36. The Morgan fingerprint density at radius 1 is 1.06 bits per heavy atom. The number of carbonyl (C=O) groups is 1. The fourth-order valence-corrected chi connectivity index (χ4v) is 4.34. The van der Waals surface area contributed by atoms with E-state index in [0.717, 1.165) is 42.5 Å². The molecule has 0 spiro atoms. The van der Waals surface area contributed by atoms with E-state index in [1.165, 1.54) is 55.5 Å². The van der Waals surface area contributed by atoms with Crippen LogP contribution >= 0.6 is 0 Å². The Morgan fingerprint density at radius 2 is 1.84 bits per heavy atom. The first-order chi connectivity index (χ1) is 15.1. The van der Waals surface area contributed by atoms with Crippen molar-refractivity contribution < 1.29 is 9.18 Å². The number of nitrogens with zero attached hydrogens (tertiary/aromatic N) is 2. The quantitative estimate of drug-likeness (QED) is 0.302. The molecule has 0 unspecified atom stereocenters. The summed E-state index contributed by atoms with van der Waals surface area (Å²) in [6, 6.07) is 11.3. The normalized spacial score (nSPS) is 14.7. The third-order valence-electron chi connectivity index (χ3n) is 6.17. The van der Waals surface area contributed by atoms with Crippen molar-refractivity contribution in [2.75, 3.05) is 25.5 Å². The molecular formula is C26H30FN3O. The molecule has 0 aliphatic carbocycles. The monoisotopic (exact) mass is 419 g/mol. The van der Waals surface area contributed by atoms with E-state index in [1.807, 2.05) is 18.3 Å². The average Bonchev–Trinajstić information content (AvgIpc) is 3.13. The second-order valence-electron chi connectivity index (χ2n) is 8.36. The minimum absolute atomic E-state index is 0.117. The topological polar surface area (TPSA) is 51.3 Å². The predicted octanol–water partition coefficient (Wildman–Crippen LogP) is 5.39. The Hall–Kier alpha value is -2.92. The number of carbonyl (C=O) groups excluding carboxylic acids is 1. The molecule has 0 radical (unpaired) electrons. The molecule has 1 aromatic heterocycles. The van der Waals surface area contributed by atoms with Crippen molar-refractivity contribution in [2.24, 2.45) is 0 Å². The van der Waals surface area contributed by atoms with Crippen molar-refractivity contribution in [1.82, 2.24) is 9.58 Å². The number of hydrogen-bond donors (Lipinski definition) is 1. The van der Waals surface area contributed by atoms with Crippen LogP contribution < -0.4 is 5.84 Å². The van der Waals surface area contributed by atoms with Crippen LogP contribution in [0.25, 0.3) is 16.5 Å². The van der Waals surface area contributed by atoms with Gasteiger partial charge in [-0.3, -0.25) is 14.4 Å². The zero-order valence-electron chi connectivity index (χ0n) is 18.1. The largest absolute Gasteiger partial charge is 0.339 e. The number of halogens is 1. The van der Waals surface area contributed by atoms with Gasteiger partial charge in [0.25, 0.3) is 0 Å². The van der Waals surface area contributed by atoms with Crippen LogP contribution in [0.3, 0.4) is 0 Å². The van der Waals surface area contributed by atoms with Crippen LogP contribution in [0, 0.1) is 5.82 Å². The molecule has 2 N–H and O–H groups in total. The van der Waals surface area contributed by atoms with Crippen LogP contribution in [-0.2, 0) is 0 Å². The van der Waals surface area contributed by atoms with E-state index in [0.29, 0.717) is 11.1 Å². The molecule has 2 heterocycles. The average molecular weight is 420 g/mol. The molecule has 4 rings (SSSR count). The van der Waals surface area contributed by atoms with Gasteiger partial charge in [-0.15, -0.1) is 0 Å². The second kappa shape index (κ2) is 9.48. The van der Waals surface area contributed by atoms with E-state index in [9.17, 15) is 9.18 Å². The third kappa shape index (κ3) is 4.72. The van der Waals surface area contributed by atoms with Crippen molar-refractivity contribution in [3.63, 3.8) is 0 Å². The summed E-state index contributed by atoms with van der Waals surface area (Å²) in [7, 11) is 0. The summed E-state index contributed by atoms with van der Waals surface area (Å²) in [6.45, 7) is 5.39. The Balaban J connectivity index is 1.56. The fraction of sp³-hybridized carbons (Fsp3) is 0.346. The van der Waals surface area contributed by atoms with Crippen LogP contribution in [0.1, 0.15) is 60.5 Å². The van der Waals surface area contributed by atoms with Crippen molar-refractivity contribution in [3.8, 4) is 0 Å². The molecule has 0 bridgehead atoms. The molecule has 162 valence electrons. The van der Waals surface area contributed by atoms with E-state index in [4.69, 9.17) is 5.84 Å². The minimum atomic E-state index is -0.349. The molecule has 1 aliphatic rings. The maximum Gasteiger partial charge on any atom is 0.193 e. The van der Waals surface area contributed by atoms with Crippen LogP contribution in [-0.4, -0.2) is 35.0 Å². The highest BCUT2D eigenvalue weighted by atomic mass is 19.1. The molecule has 5 heteroatoms. The smallest absolute Gasteiger partial charge is 0.193 e. The van der Waals surface area contributed by atoms with Gasteiger partial charge in [0, 0.05) is 41.4 Å². The van der Waals surface area contributed by atoms with Gasteiger partial charge in [0.2, 0.25) is 0 Å². The summed E-state index contributed by atoms with van der Waals surface area (Å²) in [5.74, 6) is 5.75. The molecule has 0 amide bonds. The van der Waals surface area contributed by atoms with E-state index < -0.39 is 0 Å². The molecule has 0 atom stereocenters. The van der Waals surface area contributed by atoms with Gasteiger partial charge in [-0.2, -0.15) is 0 Å². The van der Waals surface area contributed by atoms with Gasteiger partial charge in [0.05, 0.1) is 5.52 Å². The SMILES string of the molecule is CCCCCCN1CC=C(c2cn(N)c3ccc(C(=O)c4ccc(F)cc4)cc23)CC1. The van der Waals surface area contributed by atoms with Gasteiger partial charge in [-0.1, -0.05) is 32.3 Å². The molecule has 0 saturated carbocycles. The molecule has 0 saturated heterocycles. The molecule has 3 aromatic rings. The Labute approximate surface area is 183 Å². The first kappa shape index (κ1) is 21.3. The summed E-state index contributed by atoms with van der Waals surface area (Å²) in [4.78, 5) is 15.4. The lowest BCUT2D eigenvalue weighted by molar-refractivity contribution is 0.103. The number of rotatable bonds is 8. The number of nitrogen functional groups attached to an aromatic ring is 1. The maximum absolute atomic E-state index is 13.2. The number of nitrogens with two attached hydrogens (primary N) is 1. The zero-order chi connectivity index (χ0) is 21.8. The summed E-state index contributed by atoms with van der Waals surface area (Å²) in [5, 5.41) is 0.984. The van der Waals surface area contributed by atoms with Crippen LogP contribution in [0.4, 0.5) is 4.39 Å². The number of ketones is 1. The minimum Gasteiger partial charge on any atom is -0.339 e. The number of fused-ring (bicyclic) bond motifs is 1. The molecular weight excluding hydrogens is 389 g/mol. The molecule has 1 aliphatic heterocycles. The zero-order valence-corrected chi connectivity index (χ0v) is 18.1. The van der Waals surface area contributed by atoms with E-state index in [2.05, 4.69) is 17.9 Å². The number of aromatic nitrogens is 1. The summed E-state index contributed by atoms with van der Waals surface area (Å²) in [5.41, 5.74) is 4.33. The van der Waals surface area contributed by atoms with Gasteiger partial charge in [0.1, 0.15) is 5.82 Å². The van der Waals surface area contributed by atoms with Gasteiger partial charge in [-0.05, 0) is 67.4 Å². The molecule has 31 heavy (non-hydrogen) atoms. The van der Waals surface area contributed by atoms with E-state index in [-0.39, 0.29) is 11.6 Å². The van der Waals surface area contributed by atoms with Gasteiger partial charge >= 0.3 is 0 Å². The number of hydrogen-bond acceptors (Lipinski definition) is 3. The van der Waals surface area contributed by atoms with E-state index in [1.54, 1.807) is 10.7 Å². The van der Waals surface area contributed by atoms with Crippen molar-refractivity contribution >= 4 is 22.3 Å². The molecule has 0 fully saturated rings. The Bertz CT molecular complexity index is 1100. The first-order valence-corrected chi connectivity index (χ1v) is 11.2. The van der Waals surface area contributed by atoms with Crippen molar-refractivity contribution in [1.29, 1.82) is 0 Å². The lowest BCUT2D eigenvalue weighted by Crippen LogP contribution is -2.29. The number of unbranched alkanes of at least 4 members (excludes halogenated alkanes) is 3. The highest BCUT2D eigenvalue weighted by molar-refractivity contribution is 6.11. The highest BCUT2D eigenvalue weighted by Crippen LogP contribution is 2.31. The lowest BCUT2D eigenvalue weighted by atomic mass is 9.96. The maximum atomic E-state index is 13.2. The van der Waals surface area contributed by atoms with Gasteiger partial charge in [0.15, 0.2) is 5.78 Å². The first-order valence-electron chi connectivity index (χ1n) is 11.2. The highest BCUT2D eigenvalue weighted by Gasteiger charge is 2.18. The Morgan fingerprint density at radius 3 is 2.55 bits per heavy atom. The Kier molecular flexibility index (Phi) is 6.52. The fourth-order valence-electron chi connectivity index (χ4n) is 4.34.